The molecule has 7 nitrogen and oxygen atoms in total. The van der Waals surface area contributed by atoms with Gasteiger partial charge in [-0.2, -0.15) is 5.10 Å². The molecule has 0 saturated carbocycles. The Bertz CT molecular complexity index is 1210. The standard InChI is InChI=1S/C22H17N3O4/c1-14-7-8-20-19(21(23-24(20)13-14)16-5-3-2-4-6-16)11-15-9-17(22(26)27)12-18(10-15)25(28)29/h2-10,12-13H,11H2,1H3,(H,26,27). The SMILES string of the molecule is Cc1ccc2c(Cc3cc(C(=O)O)cc([N+](=O)[O-])c3)c(-c3ccccc3)nn2c1. The average Bonchev–Trinajstić information content (AvgIpc) is 3.05. The zero-order valence-corrected chi connectivity index (χ0v) is 15.6. The van der Waals surface area contributed by atoms with Gasteiger partial charge >= 0.3 is 5.97 Å². The van der Waals surface area contributed by atoms with Gasteiger partial charge in [-0.25, -0.2) is 9.31 Å². The van der Waals surface area contributed by atoms with Crippen LogP contribution in [-0.2, 0) is 6.42 Å². The Morgan fingerprint density at radius 2 is 1.90 bits per heavy atom. The van der Waals surface area contributed by atoms with Gasteiger partial charge in [-0.3, -0.25) is 10.1 Å². The zero-order valence-electron chi connectivity index (χ0n) is 15.6. The van der Waals surface area contributed by atoms with Crippen molar-refractivity contribution in [2.75, 3.05) is 0 Å². The molecule has 0 bridgehead atoms. The summed E-state index contributed by atoms with van der Waals surface area (Å²) in [4.78, 5) is 22.1. The van der Waals surface area contributed by atoms with Gasteiger partial charge in [0.15, 0.2) is 0 Å². The highest BCUT2D eigenvalue weighted by atomic mass is 16.6. The van der Waals surface area contributed by atoms with E-state index in [1.807, 2.05) is 55.6 Å². The van der Waals surface area contributed by atoms with Gasteiger partial charge in [0.25, 0.3) is 5.69 Å². The van der Waals surface area contributed by atoms with Crippen LogP contribution in [0.25, 0.3) is 16.8 Å². The van der Waals surface area contributed by atoms with Crippen LogP contribution in [0.15, 0.2) is 66.9 Å². The van der Waals surface area contributed by atoms with Gasteiger partial charge in [0.2, 0.25) is 0 Å². The fourth-order valence-electron chi connectivity index (χ4n) is 3.41. The number of hydrogen-bond acceptors (Lipinski definition) is 4. The number of aryl methyl sites for hydroxylation is 1. The molecule has 0 saturated heterocycles. The van der Waals surface area contributed by atoms with Crippen LogP contribution in [-0.4, -0.2) is 25.6 Å². The van der Waals surface area contributed by atoms with E-state index in [1.165, 1.54) is 12.1 Å². The number of carboxylic acids is 1. The van der Waals surface area contributed by atoms with Gasteiger partial charge in [0.05, 0.1) is 21.7 Å². The molecule has 29 heavy (non-hydrogen) atoms. The summed E-state index contributed by atoms with van der Waals surface area (Å²) in [5, 5.41) is 25.3. The van der Waals surface area contributed by atoms with Crippen molar-refractivity contribution in [1.82, 2.24) is 9.61 Å². The fraction of sp³-hybridized carbons (Fsp3) is 0.0909. The van der Waals surface area contributed by atoms with E-state index in [0.29, 0.717) is 12.0 Å². The molecule has 144 valence electrons. The minimum Gasteiger partial charge on any atom is -0.478 e. The van der Waals surface area contributed by atoms with Crippen LogP contribution in [0.4, 0.5) is 5.69 Å². The monoisotopic (exact) mass is 387 g/mol. The topological polar surface area (TPSA) is 97.7 Å². The maximum absolute atomic E-state index is 11.4. The molecule has 0 aliphatic heterocycles. The van der Waals surface area contributed by atoms with Crippen molar-refractivity contribution in [2.45, 2.75) is 13.3 Å². The molecule has 0 spiro atoms. The number of aromatic carboxylic acids is 1. The van der Waals surface area contributed by atoms with E-state index in [-0.39, 0.29) is 11.3 Å². The summed E-state index contributed by atoms with van der Waals surface area (Å²) in [6.45, 7) is 1.97. The van der Waals surface area contributed by atoms with Gasteiger partial charge in [0, 0.05) is 35.9 Å². The summed E-state index contributed by atoms with van der Waals surface area (Å²) in [7, 11) is 0. The Labute approximate surface area is 166 Å². The number of pyridine rings is 1. The highest BCUT2D eigenvalue weighted by molar-refractivity contribution is 5.88. The molecule has 0 aliphatic rings. The zero-order chi connectivity index (χ0) is 20.5. The van der Waals surface area contributed by atoms with Crippen molar-refractivity contribution in [3.63, 3.8) is 0 Å². The Kier molecular flexibility index (Phi) is 4.56. The predicted octanol–water partition coefficient (Wildman–Crippen LogP) is 4.51. The van der Waals surface area contributed by atoms with Crippen LogP contribution in [0, 0.1) is 17.0 Å². The molecule has 4 rings (SSSR count). The van der Waals surface area contributed by atoms with Crippen LogP contribution in [0.2, 0.25) is 0 Å². The maximum atomic E-state index is 11.4. The molecule has 0 amide bonds. The first-order valence-corrected chi connectivity index (χ1v) is 8.97. The van der Waals surface area contributed by atoms with Crippen molar-refractivity contribution in [3.05, 3.63) is 99.2 Å². The number of rotatable bonds is 5. The number of carbonyl (C=O) groups is 1. The summed E-state index contributed by atoms with van der Waals surface area (Å²) in [5.74, 6) is -1.20. The van der Waals surface area contributed by atoms with Crippen LogP contribution < -0.4 is 0 Å². The third kappa shape index (κ3) is 3.58. The number of aromatic nitrogens is 2. The van der Waals surface area contributed by atoms with E-state index in [1.54, 1.807) is 4.52 Å². The Hall–Kier alpha value is -4.00. The molecule has 7 heteroatoms. The molecule has 4 aromatic rings. The summed E-state index contributed by atoms with van der Waals surface area (Å²) < 4.78 is 1.79. The fourth-order valence-corrected chi connectivity index (χ4v) is 3.41. The predicted molar refractivity (Wildman–Crippen MR) is 108 cm³/mol. The molecular formula is C22H17N3O4. The first kappa shape index (κ1) is 18.4. The third-order valence-corrected chi connectivity index (χ3v) is 4.74. The van der Waals surface area contributed by atoms with Gasteiger partial charge in [0.1, 0.15) is 0 Å². The van der Waals surface area contributed by atoms with Crippen molar-refractivity contribution in [3.8, 4) is 11.3 Å². The molecular weight excluding hydrogens is 370 g/mol. The second-order valence-electron chi connectivity index (χ2n) is 6.86. The minimum absolute atomic E-state index is 0.109. The lowest BCUT2D eigenvalue weighted by Gasteiger charge is -2.06. The molecule has 0 unspecified atom stereocenters. The Morgan fingerprint density at radius 1 is 1.14 bits per heavy atom. The molecule has 0 radical (unpaired) electrons. The normalized spacial score (nSPS) is 10.9. The van der Waals surface area contributed by atoms with Crippen molar-refractivity contribution in [1.29, 1.82) is 0 Å². The number of benzene rings is 2. The number of hydrogen-bond donors (Lipinski definition) is 1. The lowest BCUT2D eigenvalue weighted by atomic mass is 9.98. The number of fused-ring (bicyclic) bond motifs is 1. The van der Waals surface area contributed by atoms with Gasteiger partial charge < -0.3 is 5.11 Å². The molecule has 0 aliphatic carbocycles. The van der Waals surface area contributed by atoms with Crippen LogP contribution in [0.1, 0.15) is 27.0 Å². The molecule has 1 N–H and O–H groups in total. The van der Waals surface area contributed by atoms with Gasteiger partial charge in [-0.15, -0.1) is 0 Å². The smallest absolute Gasteiger partial charge is 0.335 e. The van der Waals surface area contributed by atoms with Crippen molar-refractivity contribution >= 4 is 17.2 Å². The molecule has 0 atom stereocenters. The van der Waals surface area contributed by atoms with Crippen molar-refractivity contribution in [2.24, 2.45) is 0 Å². The largest absolute Gasteiger partial charge is 0.478 e. The molecule has 2 heterocycles. The number of nitrogens with zero attached hydrogens (tertiary/aromatic N) is 3. The highest BCUT2D eigenvalue weighted by Gasteiger charge is 2.19. The third-order valence-electron chi connectivity index (χ3n) is 4.74. The van der Waals surface area contributed by atoms with E-state index in [0.717, 1.165) is 34.0 Å². The second kappa shape index (κ2) is 7.20. The highest BCUT2D eigenvalue weighted by Crippen LogP contribution is 2.30. The lowest BCUT2D eigenvalue weighted by molar-refractivity contribution is -0.384. The summed E-state index contributed by atoms with van der Waals surface area (Å²) in [6.07, 6.45) is 2.24. The minimum atomic E-state index is -1.20. The number of nitro benzene ring substituents is 1. The van der Waals surface area contributed by atoms with E-state index >= 15 is 0 Å². The first-order valence-electron chi connectivity index (χ1n) is 8.97. The van der Waals surface area contributed by atoms with E-state index in [2.05, 4.69) is 0 Å². The lowest BCUT2D eigenvalue weighted by Crippen LogP contribution is -2.01. The second-order valence-corrected chi connectivity index (χ2v) is 6.86. The van der Waals surface area contributed by atoms with Crippen LogP contribution in [0.5, 0.6) is 0 Å². The average molecular weight is 387 g/mol. The van der Waals surface area contributed by atoms with E-state index in [4.69, 9.17) is 5.10 Å². The first-order chi connectivity index (χ1) is 13.9. The van der Waals surface area contributed by atoms with E-state index in [9.17, 15) is 20.0 Å². The molecule has 2 aromatic carbocycles. The van der Waals surface area contributed by atoms with Crippen LogP contribution in [0.3, 0.4) is 0 Å². The summed E-state index contributed by atoms with van der Waals surface area (Å²) in [5.41, 5.74) is 4.69. The Morgan fingerprint density at radius 3 is 2.59 bits per heavy atom. The van der Waals surface area contributed by atoms with Gasteiger partial charge in [-0.05, 0) is 30.2 Å². The quantitative estimate of drug-likeness (QED) is 0.401. The number of nitro groups is 1. The summed E-state index contributed by atoms with van der Waals surface area (Å²) >= 11 is 0. The van der Waals surface area contributed by atoms with Gasteiger partial charge in [-0.1, -0.05) is 36.4 Å². The number of non-ortho nitro benzene ring substituents is 1. The van der Waals surface area contributed by atoms with Crippen molar-refractivity contribution < 1.29 is 14.8 Å². The molecule has 0 fully saturated rings. The Balaban J connectivity index is 1.90. The number of carboxylic acid groups (broad SMARTS) is 1. The maximum Gasteiger partial charge on any atom is 0.335 e. The molecule has 2 aromatic heterocycles. The summed E-state index contributed by atoms with van der Waals surface area (Å²) in [6, 6.07) is 17.6. The van der Waals surface area contributed by atoms with Crippen LogP contribution >= 0.6 is 0 Å². The van der Waals surface area contributed by atoms with E-state index < -0.39 is 10.9 Å².